The van der Waals surface area contributed by atoms with Crippen molar-refractivity contribution < 1.29 is 4.39 Å². The van der Waals surface area contributed by atoms with Crippen LogP contribution >= 0.6 is 24.0 Å². The summed E-state index contributed by atoms with van der Waals surface area (Å²) in [6, 6.07) is 15.1. The molecule has 144 valence electrons. The second-order valence-electron chi connectivity index (χ2n) is 6.22. The van der Waals surface area contributed by atoms with E-state index in [1.54, 1.807) is 6.07 Å². The van der Waals surface area contributed by atoms with Crippen LogP contribution in [0.15, 0.2) is 65.7 Å². The fraction of sp³-hybridized carbons (Fsp3) is 0.286. The van der Waals surface area contributed by atoms with Crippen LogP contribution in [0.1, 0.15) is 18.1 Å². The minimum Gasteiger partial charge on any atom is -0.364 e. The monoisotopic (exact) mass is 480 g/mol. The summed E-state index contributed by atoms with van der Waals surface area (Å²) < 4.78 is 13.3. The minimum atomic E-state index is -0.233. The zero-order valence-electron chi connectivity index (χ0n) is 15.5. The van der Waals surface area contributed by atoms with E-state index in [-0.39, 0.29) is 29.8 Å². The molecule has 2 N–H and O–H groups in total. The van der Waals surface area contributed by atoms with Crippen LogP contribution in [0.4, 0.5) is 10.1 Å². The predicted molar refractivity (Wildman–Crippen MR) is 121 cm³/mol. The first-order valence-corrected chi connectivity index (χ1v) is 9.00. The fourth-order valence-electron chi connectivity index (χ4n) is 2.89. The van der Waals surface area contributed by atoms with Gasteiger partial charge in [-0.3, -0.25) is 0 Å². The molecule has 2 aromatic rings. The summed E-state index contributed by atoms with van der Waals surface area (Å²) in [6.45, 7) is 5.86. The van der Waals surface area contributed by atoms with Crippen LogP contribution in [-0.2, 0) is 13.1 Å². The van der Waals surface area contributed by atoms with Gasteiger partial charge in [0.1, 0.15) is 5.82 Å². The molecule has 0 bridgehead atoms. The van der Waals surface area contributed by atoms with Gasteiger partial charge in [0.2, 0.25) is 0 Å². The van der Waals surface area contributed by atoms with E-state index in [9.17, 15) is 4.39 Å². The molecule has 0 unspecified atom stereocenters. The third-order valence-electron chi connectivity index (χ3n) is 4.21. The zero-order chi connectivity index (χ0) is 18.2. The number of halogens is 2. The molecule has 0 aliphatic carbocycles. The van der Waals surface area contributed by atoms with Gasteiger partial charge < -0.3 is 15.5 Å². The molecule has 1 aliphatic rings. The highest BCUT2D eigenvalue weighted by molar-refractivity contribution is 14.0. The molecule has 1 heterocycles. The second kappa shape index (κ2) is 10.9. The molecule has 6 heteroatoms. The van der Waals surface area contributed by atoms with Crippen LogP contribution in [0.3, 0.4) is 0 Å². The minimum absolute atomic E-state index is 0. The molecule has 0 amide bonds. The molecule has 2 aromatic carbocycles. The molecule has 0 atom stereocenters. The second-order valence-corrected chi connectivity index (χ2v) is 6.22. The van der Waals surface area contributed by atoms with E-state index < -0.39 is 0 Å². The maximum Gasteiger partial charge on any atom is 0.191 e. The van der Waals surface area contributed by atoms with Gasteiger partial charge in [-0.05, 0) is 42.3 Å². The topological polar surface area (TPSA) is 39.7 Å². The molecular weight excluding hydrogens is 454 g/mol. The Balaban J connectivity index is 0.00000261. The largest absolute Gasteiger partial charge is 0.364 e. The first-order valence-electron chi connectivity index (χ1n) is 9.00. The van der Waals surface area contributed by atoms with Crippen LogP contribution < -0.4 is 15.5 Å². The number of nitrogens with one attached hydrogen (secondary N) is 2. The lowest BCUT2D eigenvalue weighted by Gasteiger charge is -2.19. The Labute approximate surface area is 177 Å². The predicted octanol–water partition coefficient (Wildman–Crippen LogP) is 4.08. The van der Waals surface area contributed by atoms with E-state index >= 15 is 0 Å². The molecule has 0 saturated heterocycles. The van der Waals surface area contributed by atoms with Crippen molar-refractivity contribution >= 4 is 35.6 Å². The normalized spacial score (nSPS) is 13.4. The highest BCUT2D eigenvalue weighted by Crippen LogP contribution is 2.18. The van der Waals surface area contributed by atoms with E-state index in [2.05, 4.69) is 56.9 Å². The molecule has 0 spiro atoms. The molecule has 0 saturated carbocycles. The van der Waals surface area contributed by atoms with Gasteiger partial charge in [0.15, 0.2) is 5.96 Å². The number of hydrogen-bond donors (Lipinski definition) is 2. The number of anilines is 1. The molecule has 27 heavy (non-hydrogen) atoms. The fourth-order valence-corrected chi connectivity index (χ4v) is 2.89. The Morgan fingerprint density at radius 2 is 1.78 bits per heavy atom. The molecule has 0 radical (unpaired) electrons. The lowest BCUT2D eigenvalue weighted by atomic mass is 10.2. The molecule has 4 nitrogen and oxygen atoms in total. The van der Waals surface area contributed by atoms with E-state index in [0.29, 0.717) is 13.1 Å². The van der Waals surface area contributed by atoms with Crippen molar-refractivity contribution in [2.75, 3.05) is 24.5 Å². The van der Waals surface area contributed by atoms with E-state index in [0.717, 1.165) is 31.2 Å². The number of aliphatic imine (C=N–C) groups is 1. The number of hydrogen-bond acceptors (Lipinski definition) is 2. The van der Waals surface area contributed by atoms with Crippen molar-refractivity contribution in [1.82, 2.24) is 10.6 Å². The van der Waals surface area contributed by atoms with Gasteiger partial charge in [-0.2, -0.15) is 0 Å². The van der Waals surface area contributed by atoms with Crippen molar-refractivity contribution in [3.63, 3.8) is 0 Å². The summed E-state index contributed by atoms with van der Waals surface area (Å²) in [7, 11) is 0. The average molecular weight is 480 g/mol. The molecule has 1 aliphatic heterocycles. The molecule has 0 fully saturated rings. The summed E-state index contributed by atoms with van der Waals surface area (Å²) in [4.78, 5) is 6.87. The lowest BCUT2D eigenvalue weighted by molar-refractivity contribution is 0.625. The quantitative estimate of drug-likeness (QED) is 0.284. The van der Waals surface area contributed by atoms with Crippen molar-refractivity contribution in [2.24, 2.45) is 4.99 Å². The van der Waals surface area contributed by atoms with Crippen LogP contribution in [0.25, 0.3) is 0 Å². The highest BCUT2D eigenvalue weighted by Gasteiger charge is 2.08. The first-order chi connectivity index (χ1) is 12.7. The van der Waals surface area contributed by atoms with Crippen molar-refractivity contribution in [2.45, 2.75) is 20.0 Å². The van der Waals surface area contributed by atoms with Crippen molar-refractivity contribution in [1.29, 1.82) is 0 Å². The Bertz CT molecular complexity index is 783. The zero-order valence-corrected chi connectivity index (χ0v) is 17.8. The summed E-state index contributed by atoms with van der Waals surface area (Å²) in [6.07, 6.45) is 4.38. The third kappa shape index (κ3) is 6.53. The Morgan fingerprint density at radius 1 is 1.04 bits per heavy atom. The smallest absolute Gasteiger partial charge is 0.191 e. The Hall–Kier alpha value is -2.09. The van der Waals surface area contributed by atoms with Gasteiger partial charge in [0, 0.05) is 31.9 Å². The number of nitrogens with zero attached hydrogens (tertiary/aromatic N) is 2. The molecular formula is C21H26FIN4. The number of guanidine groups is 1. The van der Waals surface area contributed by atoms with Gasteiger partial charge >= 0.3 is 0 Å². The number of rotatable bonds is 6. The Morgan fingerprint density at radius 3 is 2.52 bits per heavy atom. The van der Waals surface area contributed by atoms with E-state index in [1.807, 2.05) is 13.0 Å². The summed E-state index contributed by atoms with van der Waals surface area (Å²) >= 11 is 0. The van der Waals surface area contributed by atoms with Crippen molar-refractivity contribution in [3.8, 4) is 0 Å². The third-order valence-corrected chi connectivity index (χ3v) is 4.21. The van der Waals surface area contributed by atoms with Gasteiger partial charge in [0.05, 0.1) is 6.54 Å². The average Bonchev–Trinajstić information content (AvgIpc) is 3.19. The molecule has 3 rings (SSSR count). The van der Waals surface area contributed by atoms with Crippen LogP contribution in [0.5, 0.6) is 0 Å². The highest BCUT2D eigenvalue weighted by atomic mass is 127. The lowest BCUT2D eigenvalue weighted by Crippen LogP contribution is -2.36. The van der Waals surface area contributed by atoms with Gasteiger partial charge in [-0.25, -0.2) is 9.38 Å². The summed E-state index contributed by atoms with van der Waals surface area (Å²) in [5.41, 5.74) is 3.28. The summed E-state index contributed by atoms with van der Waals surface area (Å²) in [5.74, 6) is 0.494. The number of benzene rings is 2. The van der Waals surface area contributed by atoms with Gasteiger partial charge in [0.25, 0.3) is 0 Å². The first kappa shape index (κ1) is 21.2. The van der Waals surface area contributed by atoms with Crippen molar-refractivity contribution in [3.05, 3.63) is 77.6 Å². The molecule has 0 aromatic heterocycles. The van der Waals surface area contributed by atoms with Crippen LogP contribution in [0, 0.1) is 5.82 Å². The van der Waals surface area contributed by atoms with Crippen LogP contribution in [0.2, 0.25) is 0 Å². The van der Waals surface area contributed by atoms with E-state index in [4.69, 9.17) is 0 Å². The SMILES string of the molecule is CCNC(=NCc1cccc(F)c1)NCc1cccc(N2CC=CC2)c1.I. The maximum absolute atomic E-state index is 13.3. The maximum atomic E-state index is 13.3. The van der Waals surface area contributed by atoms with Gasteiger partial charge in [-0.1, -0.05) is 36.4 Å². The summed E-state index contributed by atoms with van der Waals surface area (Å²) in [5, 5.41) is 6.58. The van der Waals surface area contributed by atoms with Crippen LogP contribution in [-0.4, -0.2) is 25.6 Å². The Kier molecular flexibility index (Phi) is 8.57. The van der Waals surface area contributed by atoms with E-state index in [1.165, 1.54) is 23.4 Å². The standard InChI is InChI=1S/C21H25FN4.HI/c1-2-23-21(24-15-17-7-5-9-19(22)13-17)25-16-18-8-6-10-20(14-18)26-11-3-4-12-26;/h3-10,13-14H,2,11-12,15-16H2,1H3,(H2,23,24,25);1H. The van der Waals surface area contributed by atoms with Gasteiger partial charge in [-0.15, -0.1) is 24.0 Å².